The van der Waals surface area contributed by atoms with Gasteiger partial charge in [0, 0.05) is 26.1 Å². The van der Waals surface area contributed by atoms with Crippen LogP contribution in [0.4, 0.5) is 11.4 Å². The van der Waals surface area contributed by atoms with Gasteiger partial charge in [0.25, 0.3) is 11.6 Å². The van der Waals surface area contributed by atoms with Crippen LogP contribution < -0.4 is 10.2 Å². The number of carbonyl (C=O) groups is 2. The second-order valence-electron chi connectivity index (χ2n) is 8.14. The van der Waals surface area contributed by atoms with Crippen molar-refractivity contribution in [3.63, 3.8) is 0 Å². The van der Waals surface area contributed by atoms with Crippen molar-refractivity contribution < 1.29 is 14.5 Å². The van der Waals surface area contributed by atoms with Crippen LogP contribution >= 0.6 is 11.8 Å². The zero-order valence-electron chi connectivity index (χ0n) is 18.2. The fourth-order valence-corrected chi connectivity index (χ4v) is 4.99. The molecule has 2 aliphatic heterocycles. The normalized spacial score (nSPS) is 17.8. The van der Waals surface area contributed by atoms with Gasteiger partial charge in [0.15, 0.2) is 5.17 Å². The van der Waals surface area contributed by atoms with E-state index in [-0.39, 0.29) is 21.7 Å². The number of piperidine rings is 1. The number of nitrogens with zero attached hydrogens (tertiary/aromatic N) is 3. The number of nitro benzene ring substituents is 1. The number of rotatable bonds is 5. The van der Waals surface area contributed by atoms with Crippen molar-refractivity contribution in [3.8, 4) is 0 Å². The van der Waals surface area contributed by atoms with Gasteiger partial charge in [-0.2, -0.15) is 4.99 Å². The molecule has 0 spiro atoms. The Morgan fingerprint density at radius 1 is 1.24 bits per heavy atom. The van der Waals surface area contributed by atoms with Gasteiger partial charge in [-0.25, -0.2) is 0 Å². The lowest BCUT2D eigenvalue weighted by Gasteiger charge is -2.33. The molecule has 9 heteroatoms. The number of nitrogens with one attached hydrogen (secondary N) is 1. The van der Waals surface area contributed by atoms with Gasteiger partial charge in [-0.05, 0) is 60.2 Å². The molecule has 170 valence electrons. The summed E-state index contributed by atoms with van der Waals surface area (Å²) >= 11 is 1.04. The summed E-state index contributed by atoms with van der Waals surface area (Å²) in [6, 6.07) is 15.4. The summed E-state index contributed by atoms with van der Waals surface area (Å²) < 4.78 is 0. The number of thioether (sulfide) groups is 1. The smallest absolute Gasteiger partial charge is 0.293 e. The van der Waals surface area contributed by atoms with Crippen LogP contribution in [0, 0.1) is 16.0 Å². The third-order valence-corrected chi connectivity index (χ3v) is 6.62. The minimum absolute atomic E-state index is 0.0179. The van der Waals surface area contributed by atoms with Gasteiger partial charge >= 0.3 is 0 Å². The molecule has 2 heterocycles. The molecule has 8 nitrogen and oxygen atoms in total. The molecule has 1 N–H and O–H groups in total. The van der Waals surface area contributed by atoms with Crippen molar-refractivity contribution in [2.24, 2.45) is 10.9 Å². The van der Waals surface area contributed by atoms with Crippen LogP contribution in [0.15, 0.2) is 58.4 Å². The predicted molar refractivity (Wildman–Crippen MR) is 130 cm³/mol. The second kappa shape index (κ2) is 9.99. The summed E-state index contributed by atoms with van der Waals surface area (Å²) in [6.45, 7) is 2.86. The van der Waals surface area contributed by atoms with E-state index in [4.69, 9.17) is 0 Å². The number of carbonyl (C=O) groups excluding carboxylic acids is 2. The van der Waals surface area contributed by atoms with E-state index < -0.39 is 5.91 Å². The topological polar surface area (TPSA) is 105 Å². The van der Waals surface area contributed by atoms with Crippen LogP contribution in [0.5, 0.6) is 0 Å². The highest BCUT2D eigenvalue weighted by molar-refractivity contribution is 8.18. The summed E-state index contributed by atoms with van der Waals surface area (Å²) in [7, 11) is 0. The zero-order valence-corrected chi connectivity index (χ0v) is 19.0. The largest absolute Gasteiger partial charge is 0.366 e. The van der Waals surface area contributed by atoms with Crippen LogP contribution in [-0.2, 0) is 16.0 Å². The van der Waals surface area contributed by atoms with E-state index in [1.807, 2.05) is 6.07 Å². The fourth-order valence-electron chi connectivity index (χ4n) is 4.13. The van der Waals surface area contributed by atoms with Crippen molar-refractivity contribution in [3.05, 3.63) is 74.7 Å². The molecule has 0 saturated carbocycles. The van der Waals surface area contributed by atoms with E-state index in [1.165, 1.54) is 18.6 Å². The minimum Gasteiger partial charge on any atom is -0.366 e. The van der Waals surface area contributed by atoms with Crippen molar-refractivity contribution >= 4 is 46.2 Å². The number of hydrogen-bond acceptors (Lipinski definition) is 6. The number of hydrogen-bond donors (Lipinski definition) is 1. The van der Waals surface area contributed by atoms with E-state index in [9.17, 15) is 19.7 Å². The Labute approximate surface area is 195 Å². The average Bonchev–Trinajstić information content (AvgIpc) is 3.12. The van der Waals surface area contributed by atoms with Gasteiger partial charge in [0.05, 0.1) is 9.83 Å². The molecule has 0 atom stereocenters. The van der Waals surface area contributed by atoms with E-state index >= 15 is 0 Å². The quantitative estimate of drug-likeness (QED) is 0.405. The number of amidine groups is 1. The van der Waals surface area contributed by atoms with Crippen molar-refractivity contribution in [1.82, 2.24) is 5.32 Å². The van der Waals surface area contributed by atoms with Crippen molar-refractivity contribution in [2.45, 2.75) is 26.2 Å². The first-order valence-electron chi connectivity index (χ1n) is 10.8. The molecular formula is C24H24N4O4S. The Kier molecular flexibility index (Phi) is 6.88. The molecular weight excluding hydrogens is 440 g/mol. The molecule has 2 aromatic carbocycles. The Morgan fingerprint density at radius 2 is 1.97 bits per heavy atom. The first kappa shape index (κ1) is 22.7. The fraction of sp³-hybridized carbons (Fsp3) is 0.292. The van der Waals surface area contributed by atoms with Gasteiger partial charge in [-0.3, -0.25) is 19.7 Å². The van der Waals surface area contributed by atoms with Gasteiger partial charge < -0.3 is 10.2 Å². The van der Waals surface area contributed by atoms with E-state index in [0.29, 0.717) is 22.1 Å². The van der Waals surface area contributed by atoms with Gasteiger partial charge in [-0.1, -0.05) is 36.4 Å². The Balaban J connectivity index is 1.46. The number of benzene rings is 2. The van der Waals surface area contributed by atoms with Crippen LogP contribution in [0.3, 0.4) is 0 Å². The molecule has 33 heavy (non-hydrogen) atoms. The monoisotopic (exact) mass is 464 g/mol. The molecule has 2 aliphatic rings. The third kappa shape index (κ3) is 5.67. The number of aliphatic imine (C=N–C) groups is 1. The zero-order chi connectivity index (χ0) is 23.4. The minimum atomic E-state index is -0.476. The SMILES string of the molecule is CC(=O)NC1=NC(=O)C(=Cc2ccc(N3CCC(Cc4ccccc4)CC3)c([N+](=O)[O-])c2)S1. The van der Waals surface area contributed by atoms with Gasteiger partial charge in [0.2, 0.25) is 5.91 Å². The molecule has 1 fully saturated rings. The number of anilines is 1. The molecule has 0 aliphatic carbocycles. The summed E-state index contributed by atoms with van der Waals surface area (Å²) in [4.78, 5) is 40.9. The van der Waals surface area contributed by atoms with Gasteiger partial charge in [-0.15, -0.1) is 0 Å². The Morgan fingerprint density at radius 3 is 2.64 bits per heavy atom. The van der Waals surface area contributed by atoms with Crippen molar-refractivity contribution in [1.29, 1.82) is 0 Å². The second-order valence-corrected chi connectivity index (χ2v) is 9.17. The summed E-state index contributed by atoms with van der Waals surface area (Å²) in [5, 5.41) is 14.5. The van der Waals surface area contributed by atoms with Crippen LogP contribution in [0.2, 0.25) is 0 Å². The standard InChI is InChI=1S/C24H24N4O4S/c1-16(29)25-24-26-23(30)22(33-24)15-19-7-8-20(21(14-19)28(31)32)27-11-9-18(10-12-27)13-17-5-3-2-4-6-17/h2-8,14-15,18H,9-13H2,1H3,(H,25,26,29,30). The van der Waals surface area contributed by atoms with E-state index in [0.717, 1.165) is 44.1 Å². The summed E-state index contributed by atoms with van der Waals surface area (Å²) in [6.07, 6.45) is 4.55. The lowest BCUT2D eigenvalue weighted by atomic mass is 9.90. The highest BCUT2D eigenvalue weighted by atomic mass is 32.2. The summed E-state index contributed by atoms with van der Waals surface area (Å²) in [5.74, 6) is -0.228. The third-order valence-electron chi connectivity index (χ3n) is 5.72. The molecule has 4 rings (SSSR count). The number of amides is 2. The predicted octanol–water partition coefficient (Wildman–Crippen LogP) is 4.16. The highest BCUT2D eigenvalue weighted by Crippen LogP contribution is 2.35. The van der Waals surface area contributed by atoms with Crippen LogP contribution in [0.1, 0.15) is 30.9 Å². The molecule has 2 aromatic rings. The average molecular weight is 465 g/mol. The molecule has 0 radical (unpaired) electrons. The Hall–Kier alpha value is -3.46. The maximum atomic E-state index is 12.1. The van der Waals surface area contributed by atoms with Crippen LogP contribution in [0.25, 0.3) is 6.08 Å². The lowest BCUT2D eigenvalue weighted by Crippen LogP contribution is -2.34. The molecule has 0 aromatic heterocycles. The molecule has 0 bridgehead atoms. The highest BCUT2D eigenvalue weighted by Gasteiger charge is 2.26. The first-order valence-corrected chi connectivity index (χ1v) is 11.6. The van der Waals surface area contributed by atoms with E-state index in [1.54, 1.807) is 18.2 Å². The molecule has 2 amide bonds. The lowest BCUT2D eigenvalue weighted by molar-refractivity contribution is -0.384. The Bertz CT molecular complexity index is 1140. The van der Waals surface area contributed by atoms with Crippen molar-refractivity contribution in [2.75, 3.05) is 18.0 Å². The maximum Gasteiger partial charge on any atom is 0.293 e. The summed E-state index contributed by atoms with van der Waals surface area (Å²) in [5.41, 5.74) is 2.48. The maximum absolute atomic E-state index is 12.1. The molecule has 1 saturated heterocycles. The van der Waals surface area contributed by atoms with E-state index in [2.05, 4.69) is 39.5 Å². The molecule has 0 unspecified atom stereocenters. The number of nitro groups is 1. The first-order chi connectivity index (χ1) is 15.9. The van der Waals surface area contributed by atoms with Gasteiger partial charge in [0.1, 0.15) is 5.69 Å². The van der Waals surface area contributed by atoms with Crippen LogP contribution in [-0.4, -0.2) is 35.0 Å².